The summed E-state index contributed by atoms with van der Waals surface area (Å²) in [5.74, 6) is 1.60. The summed E-state index contributed by atoms with van der Waals surface area (Å²) in [6.07, 6.45) is 5.84. The Kier molecular flexibility index (Phi) is 4.28. The molecule has 6 nitrogen and oxygen atoms in total. The van der Waals surface area contributed by atoms with Gasteiger partial charge in [-0.2, -0.15) is 0 Å². The highest BCUT2D eigenvalue weighted by Gasteiger charge is 2.49. The van der Waals surface area contributed by atoms with Gasteiger partial charge in [0.15, 0.2) is 11.5 Å². The second-order valence-electron chi connectivity index (χ2n) is 11.1. The highest BCUT2D eigenvalue weighted by Crippen LogP contribution is 2.53. The van der Waals surface area contributed by atoms with Gasteiger partial charge in [0.2, 0.25) is 0 Å². The van der Waals surface area contributed by atoms with Crippen molar-refractivity contribution < 1.29 is 9.47 Å². The lowest BCUT2D eigenvalue weighted by atomic mass is 9.65. The molecule has 0 amide bonds. The van der Waals surface area contributed by atoms with Gasteiger partial charge in [0.25, 0.3) is 0 Å². The van der Waals surface area contributed by atoms with Crippen LogP contribution in [-0.2, 0) is 6.54 Å². The van der Waals surface area contributed by atoms with E-state index in [0.717, 1.165) is 47.2 Å². The number of aromatic nitrogens is 2. The Labute approximate surface area is 189 Å². The summed E-state index contributed by atoms with van der Waals surface area (Å²) < 4.78 is 13.8. The SMILES string of the molecule is CC1(C)CC2CC(C)(CN2Cc2c(-c3ccc4c(c3)OCCO4)nc3ccc(N)cn23)C1. The largest absolute Gasteiger partial charge is 0.486 e. The van der Waals surface area contributed by atoms with Gasteiger partial charge in [0, 0.05) is 36.6 Å². The first-order chi connectivity index (χ1) is 15.3. The number of hydrogen-bond acceptors (Lipinski definition) is 5. The summed E-state index contributed by atoms with van der Waals surface area (Å²) in [6.45, 7) is 10.5. The number of likely N-dealkylation sites (tertiary alicyclic amines) is 1. The Balaban J connectivity index is 1.43. The Morgan fingerprint density at radius 1 is 1.06 bits per heavy atom. The highest BCUT2D eigenvalue weighted by molar-refractivity contribution is 5.70. The monoisotopic (exact) mass is 432 g/mol. The maximum Gasteiger partial charge on any atom is 0.162 e. The third-order valence-corrected chi connectivity index (χ3v) is 7.43. The van der Waals surface area contributed by atoms with Crippen molar-refractivity contribution in [1.29, 1.82) is 0 Å². The number of imidazole rings is 1. The second kappa shape index (κ2) is 6.88. The maximum absolute atomic E-state index is 6.18. The molecule has 6 heteroatoms. The molecule has 2 N–H and O–H groups in total. The predicted molar refractivity (Wildman–Crippen MR) is 126 cm³/mol. The first kappa shape index (κ1) is 19.9. The van der Waals surface area contributed by atoms with Gasteiger partial charge >= 0.3 is 0 Å². The molecule has 2 unspecified atom stereocenters. The van der Waals surface area contributed by atoms with Crippen LogP contribution in [0, 0.1) is 10.8 Å². The van der Waals surface area contributed by atoms with Crippen LogP contribution in [0.15, 0.2) is 36.5 Å². The zero-order valence-electron chi connectivity index (χ0n) is 19.2. The molecule has 2 aliphatic heterocycles. The van der Waals surface area contributed by atoms with Crippen molar-refractivity contribution in [2.45, 2.75) is 52.6 Å². The minimum atomic E-state index is 0.392. The molecule has 1 aromatic carbocycles. The molecule has 2 fully saturated rings. The van der Waals surface area contributed by atoms with Gasteiger partial charge in [-0.3, -0.25) is 4.90 Å². The van der Waals surface area contributed by atoms with Gasteiger partial charge in [0.1, 0.15) is 18.9 Å². The summed E-state index contributed by atoms with van der Waals surface area (Å²) in [4.78, 5) is 7.71. The Hall–Kier alpha value is -2.73. The van der Waals surface area contributed by atoms with Crippen LogP contribution in [0.3, 0.4) is 0 Å². The minimum Gasteiger partial charge on any atom is -0.486 e. The Bertz CT molecular complexity index is 1200. The van der Waals surface area contributed by atoms with Crippen molar-refractivity contribution in [2.24, 2.45) is 10.8 Å². The van der Waals surface area contributed by atoms with Gasteiger partial charge in [-0.25, -0.2) is 4.98 Å². The van der Waals surface area contributed by atoms with Crippen LogP contribution < -0.4 is 15.2 Å². The number of nitrogen functional groups attached to an aromatic ring is 1. The topological polar surface area (TPSA) is 65.0 Å². The van der Waals surface area contributed by atoms with Crippen LogP contribution in [0.25, 0.3) is 16.9 Å². The fourth-order valence-corrected chi connectivity index (χ4v) is 6.64. The molecule has 2 atom stereocenters. The number of nitrogens with two attached hydrogens (primary N) is 1. The van der Waals surface area contributed by atoms with E-state index in [4.69, 9.17) is 20.2 Å². The van der Waals surface area contributed by atoms with Gasteiger partial charge in [-0.1, -0.05) is 20.8 Å². The zero-order valence-corrected chi connectivity index (χ0v) is 19.2. The summed E-state index contributed by atoms with van der Waals surface area (Å²) in [5.41, 5.74) is 11.9. The average Bonchev–Trinajstić information content (AvgIpc) is 3.20. The second-order valence-corrected chi connectivity index (χ2v) is 11.1. The third-order valence-electron chi connectivity index (χ3n) is 7.43. The summed E-state index contributed by atoms with van der Waals surface area (Å²) in [7, 11) is 0. The van der Waals surface area contributed by atoms with E-state index in [1.165, 1.54) is 25.0 Å². The summed E-state index contributed by atoms with van der Waals surface area (Å²) in [6, 6.07) is 10.7. The van der Waals surface area contributed by atoms with E-state index in [9.17, 15) is 0 Å². The molecule has 0 spiro atoms. The van der Waals surface area contributed by atoms with Crippen LogP contribution in [-0.4, -0.2) is 40.1 Å². The number of ether oxygens (including phenoxy) is 2. The van der Waals surface area contributed by atoms with Crippen LogP contribution in [0.2, 0.25) is 0 Å². The van der Waals surface area contributed by atoms with Crippen molar-refractivity contribution in [3.8, 4) is 22.8 Å². The number of anilines is 1. The van der Waals surface area contributed by atoms with Crippen LogP contribution in [0.1, 0.15) is 45.7 Å². The van der Waals surface area contributed by atoms with Crippen molar-refractivity contribution >= 4 is 11.3 Å². The van der Waals surface area contributed by atoms with E-state index in [1.54, 1.807) is 0 Å². The third kappa shape index (κ3) is 3.32. The van der Waals surface area contributed by atoms with E-state index in [1.807, 2.05) is 24.4 Å². The van der Waals surface area contributed by atoms with E-state index < -0.39 is 0 Å². The number of pyridine rings is 1. The van der Waals surface area contributed by atoms with E-state index in [2.05, 4.69) is 42.2 Å². The van der Waals surface area contributed by atoms with Gasteiger partial charge in [-0.05, 0) is 60.4 Å². The lowest BCUT2D eigenvalue weighted by Gasteiger charge is -2.40. The number of hydrogen-bond donors (Lipinski definition) is 1. The molecule has 4 heterocycles. The van der Waals surface area contributed by atoms with Crippen LogP contribution >= 0.6 is 0 Å². The average molecular weight is 433 g/mol. The Morgan fingerprint density at radius 2 is 1.88 bits per heavy atom. The normalized spacial score (nSPS) is 26.5. The molecule has 3 aliphatic rings. The van der Waals surface area contributed by atoms with Gasteiger partial charge < -0.3 is 19.6 Å². The van der Waals surface area contributed by atoms with Crippen LogP contribution in [0.5, 0.6) is 11.5 Å². The first-order valence-electron chi connectivity index (χ1n) is 11.7. The standard InChI is InChI=1S/C26H32N4O2/c1-25(2)11-19-12-26(3,15-25)16-29(19)14-20-24(28-23-7-5-18(27)13-30(20)23)17-4-6-21-22(10-17)32-9-8-31-21/h4-7,10,13,19H,8-9,11-12,14-16,27H2,1-3H3. The lowest BCUT2D eigenvalue weighted by Crippen LogP contribution is -2.34. The molecule has 32 heavy (non-hydrogen) atoms. The van der Waals surface area contributed by atoms with Gasteiger partial charge in [-0.15, -0.1) is 0 Å². The van der Waals surface area contributed by atoms with Crippen LogP contribution in [0.4, 0.5) is 5.69 Å². The van der Waals surface area contributed by atoms with Crippen molar-refractivity contribution in [1.82, 2.24) is 14.3 Å². The molecular weight excluding hydrogens is 400 g/mol. The van der Waals surface area contributed by atoms with Crippen molar-refractivity contribution in [3.05, 3.63) is 42.2 Å². The molecule has 1 saturated heterocycles. The fourth-order valence-electron chi connectivity index (χ4n) is 6.64. The Morgan fingerprint density at radius 3 is 2.72 bits per heavy atom. The lowest BCUT2D eigenvalue weighted by molar-refractivity contribution is 0.126. The molecule has 6 rings (SSSR count). The number of rotatable bonds is 3. The first-order valence-corrected chi connectivity index (χ1v) is 11.7. The molecule has 2 bridgehead atoms. The molecule has 168 valence electrons. The molecule has 1 saturated carbocycles. The number of nitrogens with zero attached hydrogens (tertiary/aromatic N) is 3. The summed E-state index contributed by atoms with van der Waals surface area (Å²) in [5, 5.41) is 0. The molecular formula is C26H32N4O2. The number of benzene rings is 1. The maximum atomic E-state index is 6.18. The summed E-state index contributed by atoms with van der Waals surface area (Å²) >= 11 is 0. The van der Waals surface area contributed by atoms with Crippen molar-refractivity contribution in [2.75, 3.05) is 25.5 Å². The predicted octanol–water partition coefficient (Wildman–Crippen LogP) is 4.76. The molecule has 1 aliphatic carbocycles. The molecule has 0 radical (unpaired) electrons. The minimum absolute atomic E-state index is 0.392. The zero-order chi connectivity index (χ0) is 22.1. The van der Waals surface area contributed by atoms with E-state index >= 15 is 0 Å². The van der Waals surface area contributed by atoms with Crippen molar-refractivity contribution in [3.63, 3.8) is 0 Å². The van der Waals surface area contributed by atoms with E-state index in [-0.39, 0.29) is 0 Å². The quantitative estimate of drug-likeness (QED) is 0.647. The molecule has 2 aromatic heterocycles. The number of fused-ring (bicyclic) bond motifs is 4. The molecule has 3 aromatic rings. The van der Waals surface area contributed by atoms with E-state index in [0.29, 0.717) is 30.1 Å². The van der Waals surface area contributed by atoms with Gasteiger partial charge in [0.05, 0.1) is 11.4 Å². The highest BCUT2D eigenvalue weighted by atomic mass is 16.6. The smallest absolute Gasteiger partial charge is 0.162 e. The fraction of sp³-hybridized carbons (Fsp3) is 0.500.